The Balaban J connectivity index is 1.40. The molecular formula is C30H30ClN3O4S2. The van der Waals surface area contributed by atoms with Crippen LogP contribution in [-0.2, 0) is 22.0 Å². The van der Waals surface area contributed by atoms with Crippen LogP contribution < -0.4 is 15.4 Å². The SMILES string of the molecule is NC(=O)c1ccc(S(=O)(=O)N2c3ccc(C(=O)NCc4ccccc4Cl)cc3C3(CCSCC3)C2C2CC2)cc1. The fourth-order valence-electron chi connectivity index (χ4n) is 6.26. The monoisotopic (exact) mass is 595 g/mol. The molecule has 2 fully saturated rings. The Morgan fingerprint density at radius 1 is 1.00 bits per heavy atom. The number of rotatable bonds is 7. The zero-order chi connectivity index (χ0) is 28.1. The number of benzene rings is 3. The summed E-state index contributed by atoms with van der Waals surface area (Å²) in [6.45, 7) is 0.296. The summed E-state index contributed by atoms with van der Waals surface area (Å²) >= 11 is 8.16. The summed E-state index contributed by atoms with van der Waals surface area (Å²) in [5, 5.41) is 3.56. The number of nitrogens with one attached hydrogen (secondary N) is 1. The normalized spacial score (nSPS) is 19.8. The minimum absolute atomic E-state index is 0.123. The van der Waals surface area contributed by atoms with Gasteiger partial charge in [0.25, 0.3) is 15.9 Å². The van der Waals surface area contributed by atoms with Gasteiger partial charge in [-0.3, -0.25) is 13.9 Å². The van der Waals surface area contributed by atoms with Crippen molar-refractivity contribution in [3.8, 4) is 0 Å². The minimum Gasteiger partial charge on any atom is -0.366 e. The average Bonchev–Trinajstić information content (AvgIpc) is 3.76. The topological polar surface area (TPSA) is 110 Å². The molecule has 1 saturated heterocycles. The van der Waals surface area contributed by atoms with Crippen LogP contribution in [0.15, 0.2) is 71.6 Å². The van der Waals surface area contributed by atoms with E-state index in [1.54, 1.807) is 22.5 Å². The van der Waals surface area contributed by atoms with Gasteiger partial charge < -0.3 is 11.1 Å². The van der Waals surface area contributed by atoms with E-state index in [0.717, 1.165) is 48.3 Å². The van der Waals surface area contributed by atoms with Crippen LogP contribution >= 0.6 is 23.4 Å². The molecule has 1 unspecified atom stereocenters. The van der Waals surface area contributed by atoms with Crippen LogP contribution in [0.4, 0.5) is 5.69 Å². The van der Waals surface area contributed by atoms with Gasteiger partial charge in [-0.15, -0.1) is 0 Å². The zero-order valence-electron chi connectivity index (χ0n) is 21.8. The third-order valence-electron chi connectivity index (χ3n) is 8.40. The van der Waals surface area contributed by atoms with Gasteiger partial charge in [0.1, 0.15) is 0 Å². The molecule has 6 rings (SSSR count). The molecule has 3 aliphatic rings. The van der Waals surface area contributed by atoms with Gasteiger partial charge in [0.2, 0.25) is 5.91 Å². The number of nitrogens with zero attached hydrogens (tertiary/aromatic N) is 1. The maximum absolute atomic E-state index is 14.3. The predicted molar refractivity (Wildman–Crippen MR) is 158 cm³/mol. The van der Waals surface area contributed by atoms with Crippen LogP contribution in [0.3, 0.4) is 0 Å². The van der Waals surface area contributed by atoms with E-state index in [2.05, 4.69) is 5.32 Å². The Hall–Kier alpha value is -3.01. The first-order valence-corrected chi connectivity index (χ1v) is 16.4. The van der Waals surface area contributed by atoms with Crippen molar-refractivity contribution >= 4 is 50.9 Å². The van der Waals surface area contributed by atoms with E-state index >= 15 is 0 Å². The highest BCUT2D eigenvalue weighted by atomic mass is 35.5. The van der Waals surface area contributed by atoms with Crippen molar-refractivity contribution in [1.82, 2.24) is 5.32 Å². The number of primary amides is 1. The minimum atomic E-state index is -3.95. The van der Waals surface area contributed by atoms with E-state index in [1.165, 1.54) is 24.3 Å². The van der Waals surface area contributed by atoms with Gasteiger partial charge in [-0.1, -0.05) is 29.8 Å². The number of fused-ring (bicyclic) bond motifs is 2. The van der Waals surface area contributed by atoms with Crippen LogP contribution in [0, 0.1) is 5.92 Å². The third-order valence-corrected chi connectivity index (χ3v) is 11.6. The number of anilines is 1. The number of hydrogen-bond donors (Lipinski definition) is 2. The van der Waals surface area contributed by atoms with Crippen molar-refractivity contribution in [3.63, 3.8) is 0 Å². The first-order chi connectivity index (χ1) is 19.2. The van der Waals surface area contributed by atoms with E-state index in [0.29, 0.717) is 22.8 Å². The fraction of sp³-hybridized carbons (Fsp3) is 0.333. The summed E-state index contributed by atoms with van der Waals surface area (Å²) in [6, 6.07) is 18.4. The number of amides is 2. The average molecular weight is 596 g/mol. The van der Waals surface area contributed by atoms with Gasteiger partial charge in [0.15, 0.2) is 0 Å². The number of nitrogens with two attached hydrogens (primary N) is 1. The van der Waals surface area contributed by atoms with Gasteiger partial charge in [-0.05, 0) is 103 Å². The molecule has 1 aliphatic carbocycles. The van der Waals surface area contributed by atoms with Crippen molar-refractivity contribution in [1.29, 1.82) is 0 Å². The Bertz CT molecular complexity index is 1580. The largest absolute Gasteiger partial charge is 0.366 e. The number of carbonyl (C=O) groups excluding carboxylic acids is 2. The lowest BCUT2D eigenvalue weighted by Gasteiger charge is -2.41. The van der Waals surface area contributed by atoms with E-state index in [1.807, 2.05) is 36.0 Å². The second kappa shape index (κ2) is 10.4. The Morgan fingerprint density at radius 2 is 1.68 bits per heavy atom. The van der Waals surface area contributed by atoms with E-state index in [4.69, 9.17) is 17.3 Å². The van der Waals surface area contributed by atoms with E-state index < -0.39 is 15.9 Å². The van der Waals surface area contributed by atoms with Gasteiger partial charge in [-0.2, -0.15) is 11.8 Å². The summed E-state index contributed by atoms with van der Waals surface area (Å²) in [4.78, 5) is 25.0. The highest BCUT2D eigenvalue weighted by molar-refractivity contribution is 7.99. The summed E-state index contributed by atoms with van der Waals surface area (Å²) in [5.74, 6) is 1.30. The number of thioether (sulfide) groups is 1. The molecule has 3 N–H and O–H groups in total. The molecule has 0 aromatic heterocycles. The summed E-state index contributed by atoms with van der Waals surface area (Å²) in [7, 11) is -3.95. The van der Waals surface area contributed by atoms with Crippen LogP contribution in [0.5, 0.6) is 0 Å². The summed E-state index contributed by atoms with van der Waals surface area (Å²) in [5.41, 5.74) is 8.19. The van der Waals surface area contributed by atoms with Crippen molar-refractivity contribution in [2.45, 2.75) is 48.6 Å². The molecule has 3 aromatic carbocycles. The Morgan fingerprint density at radius 3 is 2.33 bits per heavy atom. The molecule has 1 atom stereocenters. The van der Waals surface area contributed by atoms with Crippen LogP contribution in [0.2, 0.25) is 5.02 Å². The van der Waals surface area contributed by atoms with Gasteiger partial charge in [0.05, 0.1) is 16.6 Å². The highest BCUT2D eigenvalue weighted by Gasteiger charge is 2.59. The molecular weight excluding hydrogens is 566 g/mol. The van der Waals surface area contributed by atoms with E-state index in [-0.39, 0.29) is 33.7 Å². The first-order valence-electron chi connectivity index (χ1n) is 13.4. The lowest BCUT2D eigenvalue weighted by atomic mass is 9.70. The van der Waals surface area contributed by atoms with Crippen molar-refractivity contribution in [3.05, 3.63) is 94.0 Å². The molecule has 10 heteroatoms. The third kappa shape index (κ3) is 4.67. The standard InChI is InChI=1S/C30H30ClN3O4S2/c31-25-4-2-1-3-22(25)18-33-29(36)21-9-12-26-24(17-21)30(13-15-39-16-14-30)27(19-5-6-19)34(26)40(37,38)23-10-7-20(8-11-23)28(32)35/h1-4,7-12,17,19,27H,5-6,13-16,18H2,(H2,32,35)(H,33,36). The predicted octanol–water partition coefficient (Wildman–Crippen LogP) is 5.12. The van der Waals surface area contributed by atoms with Crippen molar-refractivity contribution in [2.24, 2.45) is 11.7 Å². The Kier molecular flexibility index (Phi) is 7.09. The molecule has 0 bridgehead atoms. The number of hydrogen-bond acceptors (Lipinski definition) is 5. The fourth-order valence-corrected chi connectivity index (χ4v) is 9.48. The summed E-state index contributed by atoms with van der Waals surface area (Å²) < 4.78 is 30.2. The number of sulfonamides is 1. The van der Waals surface area contributed by atoms with Gasteiger partial charge in [-0.25, -0.2) is 8.42 Å². The van der Waals surface area contributed by atoms with Crippen LogP contribution in [0.25, 0.3) is 0 Å². The number of halogens is 1. The van der Waals surface area contributed by atoms with Crippen molar-refractivity contribution < 1.29 is 18.0 Å². The lowest BCUT2D eigenvalue weighted by Crippen LogP contribution is -2.50. The molecule has 208 valence electrons. The molecule has 7 nitrogen and oxygen atoms in total. The molecule has 1 spiro atoms. The van der Waals surface area contributed by atoms with Crippen molar-refractivity contribution in [2.75, 3.05) is 15.8 Å². The van der Waals surface area contributed by atoms with Gasteiger partial charge >= 0.3 is 0 Å². The molecule has 3 aromatic rings. The van der Waals surface area contributed by atoms with Crippen LogP contribution in [0.1, 0.15) is 57.5 Å². The smallest absolute Gasteiger partial charge is 0.264 e. The first kappa shape index (κ1) is 27.2. The molecule has 1 saturated carbocycles. The lowest BCUT2D eigenvalue weighted by molar-refractivity contribution is 0.0949. The maximum atomic E-state index is 14.3. The number of carbonyl (C=O) groups is 2. The molecule has 40 heavy (non-hydrogen) atoms. The quantitative estimate of drug-likeness (QED) is 0.394. The maximum Gasteiger partial charge on any atom is 0.264 e. The molecule has 0 radical (unpaired) electrons. The van der Waals surface area contributed by atoms with Gasteiger partial charge in [0, 0.05) is 28.1 Å². The zero-order valence-corrected chi connectivity index (χ0v) is 24.2. The molecule has 2 heterocycles. The van der Waals surface area contributed by atoms with Crippen LogP contribution in [-0.4, -0.2) is 37.8 Å². The second-order valence-corrected chi connectivity index (χ2v) is 14.2. The second-order valence-electron chi connectivity index (χ2n) is 10.7. The highest BCUT2D eigenvalue weighted by Crippen LogP contribution is 2.59. The van der Waals surface area contributed by atoms with E-state index in [9.17, 15) is 18.0 Å². The molecule has 2 aliphatic heterocycles. The molecule has 2 amide bonds. The Labute approximate surface area is 243 Å². The summed E-state index contributed by atoms with van der Waals surface area (Å²) in [6.07, 6.45) is 3.66.